The molecule has 0 fully saturated rings. The lowest BCUT2D eigenvalue weighted by molar-refractivity contribution is 0.628. The van der Waals surface area contributed by atoms with E-state index in [1.54, 1.807) is 12.1 Å². The first-order valence-electron chi connectivity index (χ1n) is 3.88. The van der Waals surface area contributed by atoms with Gasteiger partial charge in [0.05, 0.1) is 6.21 Å². The molecule has 0 aromatic heterocycles. The highest BCUT2D eigenvalue weighted by Crippen LogP contribution is 2.00. The Kier molecular flexibility index (Phi) is 4.12. The second kappa shape index (κ2) is 5.39. The third-order valence-corrected chi connectivity index (χ3v) is 1.94. The Labute approximate surface area is 85.9 Å². The number of nitrogens with zero attached hydrogens (tertiary/aromatic N) is 2. The van der Waals surface area contributed by atoms with Crippen LogP contribution in [0.5, 0.6) is 0 Å². The molecular formula is C9H10FN3S. The Hall–Kier alpha value is -1.36. The van der Waals surface area contributed by atoms with Crippen molar-refractivity contribution in [2.45, 2.75) is 0 Å². The van der Waals surface area contributed by atoms with Gasteiger partial charge in [0.2, 0.25) is 0 Å². The summed E-state index contributed by atoms with van der Waals surface area (Å²) in [7, 11) is 0. The van der Waals surface area contributed by atoms with Gasteiger partial charge >= 0.3 is 0 Å². The van der Waals surface area contributed by atoms with Gasteiger partial charge in [0.25, 0.3) is 0 Å². The predicted molar refractivity (Wildman–Crippen MR) is 59.1 cm³/mol. The van der Waals surface area contributed by atoms with Crippen LogP contribution in [0.4, 0.5) is 4.39 Å². The van der Waals surface area contributed by atoms with E-state index < -0.39 is 0 Å². The number of rotatable bonds is 2. The van der Waals surface area contributed by atoms with Crippen LogP contribution in [0.15, 0.2) is 34.5 Å². The van der Waals surface area contributed by atoms with Crippen molar-refractivity contribution in [3.63, 3.8) is 0 Å². The first-order chi connectivity index (χ1) is 6.72. The van der Waals surface area contributed by atoms with E-state index in [-0.39, 0.29) is 5.82 Å². The Balaban J connectivity index is 2.65. The van der Waals surface area contributed by atoms with E-state index in [0.717, 1.165) is 5.56 Å². The molecule has 0 aliphatic carbocycles. The molecule has 74 valence electrons. The second-order valence-corrected chi connectivity index (χ2v) is 3.27. The van der Waals surface area contributed by atoms with Gasteiger partial charge in [0, 0.05) is 0 Å². The van der Waals surface area contributed by atoms with E-state index in [2.05, 4.69) is 10.2 Å². The zero-order chi connectivity index (χ0) is 10.4. The maximum Gasteiger partial charge on any atom is 0.180 e. The molecule has 3 nitrogen and oxygen atoms in total. The minimum absolute atomic E-state index is 0.269. The van der Waals surface area contributed by atoms with Gasteiger partial charge in [-0.15, -0.1) is 5.10 Å². The Bertz CT molecular complexity index is 346. The predicted octanol–water partition coefficient (Wildman–Crippen LogP) is 1.84. The second-order valence-electron chi connectivity index (χ2n) is 2.44. The van der Waals surface area contributed by atoms with E-state index in [0.29, 0.717) is 5.17 Å². The fourth-order valence-electron chi connectivity index (χ4n) is 0.742. The molecule has 0 spiro atoms. The van der Waals surface area contributed by atoms with Crippen molar-refractivity contribution in [3.8, 4) is 0 Å². The molecule has 14 heavy (non-hydrogen) atoms. The molecule has 0 radical (unpaired) electrons. The van der Waals surface area contributed by atoms with Crippen molar-refractivity contribution < 1.29 is 4.39 Å². The van der Waals surface area contributed by atoms with Crippen molar-refractivity contribution >= 4 is 23.1 Å². The van der Waals surface area contributed by atoms with Crippen LogP contribution in [0, 0.1) is 5.82 Å². The summed E-state index contributed by atoms with van der Waals surface area (Å²) in [5, 5.41) is 7.82. The van der Waals surface area contributed by atoms with Gasteiger partial charge in [-0.05, 0) is 24.0 Å². The zero-order valence-corrected chi connectivity index (χ0v) is 8.46. The molecule has 2 N–H and O–H groups in total. The van der Waals surface area contributed by atoms with Crippen LogP contribution in [0.3, 0.4) is 0 Å². The summed E-state index contributed by atoms with van der Waals surface area (Å²) in [5.41, 5.74) is 6.18. The molecule has 0 saturated heterocycles. The van der Waals surface area contributed by atoms with Crippen molar-refractivity contribution in [3.05, 3.63) is 35.6 Å². The first kappa shape index (κ1) is 10.7. The van der Waals surface area contributed by atoms with Gasteiger partial charge < -0.3 is 5.73 Å². The highest BCUT2D eigenvalue weighted by molar-refractivity contribution is 8.13. The molecule has 1 aromatic carbocycles. The molecule has 0 atom stereocenters. The minimum atomic E-state index is -0.269. The Morgan fingerprint density at radius 2 is 2.07 bits per heavy atom. The van der Waals surface area contributed by atoms with Crippen LogP contribution in [0.25, 0.3) is 0 Å². The lowest BCUT2D eigenvalue weighted by atomic mass is 10.2. The lowest BCUT2D eigenvalue weighted by Crippen LogP contribution is -2.03. The number of hydrogen-bond acceptors (Lipinski definition) is 3. The highest BCUT2D eigenvalue weighted by Gasteiger charge is 1.89. The van der Waals surface area contributed by atoms with Crippen molar-refractivity contribution in [1.82, 2.24) is 0 Å². The number of hydrogen-bond donors (Lipinski definition) is 1. The molecule has 0 heterocycles. The van der Waals surface area contributed by atoms with E-state index in [1.165, 1.54) is 30.1 Å². The Morgan fingerprint density at radius 1 is 1.43 bits per heavy atom. The molecule has 0 aliphatic heterocycles. The van der Waals surface area contributed by atoms with Crippen molar-refractivity contribution in [2.24, 2.45) is 15.9 Å². The van der Waals surface area contributed by atoms with Crippen LogP contribution >= 0.6 is 11.8 Å². The summed E-state index contributed by atoms with van der Waals surface area (Å²) >= 11 is 1.32. The first-order valence-corrected chi connectivity index (χ1v) is 5.11. The van der Waals surface area contributed by atoms with E-state index in [4.69, 9.17) is 5.73 Å². The fraction of sp³-hybridized carbons (Fsp3) is 0.111. The van der Waals surface area contributed by atoms with Crippen LogP contribution in [0.1, 0.15) is 5.56 Å². The van der Waals surface area contributed by atoms with Gasteiger partial charge in [-0.3, -0.25) is 0 Å². The van der Waals surface area contributed by atoms with Gasteiger partial charge in [-0.25, -0.2) is 4.39 Å². The molecule has 0 saturated carbocycles. The summed E-state index contributed by atoms with van der Waals surface area (Å²) in [5.74, 6) is -0.269. The number of nitrogens with two attached hydrogens (primary N) is 1. The monoisotopic (exact) mass is 211 g/mol. The summed E-state index contributed by atoms with van der Waals surface area (Å²) in [6.45, 7) is 0. The molecular weight excluding hydrogens is 201 g/mol. The molecule has 0 aliphatic rings. The van der Waals surface area contributed by atoms with E-state index >= 15 is 0 Å². The number of thioether (sulfide) groups is 1. The smallest absolute Gasteiger partial charge is 0.180 e. The summed E-state index contributed by atoms with van der Waals surface area (Å²) in [4.78, 5) is 0. The fourth-order valence-corrected chi connectivity index (χ4v) is 0.871. The third kappa shape index (κ3) is 3.57. The van der Waals surface area contributed by atoms with E-state index in [1.807, 2.05) is 6.26 Å². The van der Waals surface area contributed by atoms with Gasteiger partial charge in [0.1, 0.15) is 5.82 Å². The van der Waals surface area contributed by atoms with Crippen LogP contribution in [-0.4, -0.2) is 17.6 Å². The van der Waals surface area contributed by atoms with E-state index in [9.17, 15) is 4.39 Å². The van der Waals surface area contributed by atoms with Crippen LogP contribution in [-0.2, 0) is 0 Å². The van der Waals surface area contributed by atoms with Gasteiger partial charge in [-0.2, -0.15) is 5.10 Å². The van der Waals surface area contributed by atoms with Gasteiger partial charge in [-0.1, -0.05) is 23.9 Å². The molecule has 0 bridgehead atoms. The zero-order valence-electron chi connectivity index (χ0n) is 7.64. The van der Waals surface area contributed by atoms with Gasteiger partial charge in [0.15, 0.2) is 5.17 Å². The van der Waals surface area contributed by atoms with Crippen molar-refractivity contribution in [2.75, 3.05) is 6.26 Å². The average Bonchev–Trinajstić information content (AvgIpc) is 2.21. The summed E-state index contributed by atoms with van der Waals surface area (Å²) in [6.07, 6.45) is 3.33. The lowest BCUT2D eigenvalue weighted by Gasteiger charge is -1.91. The average molecular weight is 211 g/mol. The SMILES string of the molecule is CS/C(N)=N\N=C\c1ccc(F)cc1. The maximum atomic E-state index is 12.5. The topological polar surface area (TPSA) is 50.7 Å². The summed E-state index contributed by atoms with van der Waals surface area (Å²) in [6, 6.07) is 5.96. The largest absolute Gasteiger partial charge is 0.377 e. The quantitative estimate of drug-likeness (QED) is 0.461. The summed E-state index contributed by atoms with van der Waals surface area (Å²) < 4.78 is 12.5. The number of amidine groups is 1. The van der Waals surface area contributed by atoms with Crippen LogP contribution in [0.2, 0.25) is 0 Å². The molecule has 0 unspecified atom stereocenters. The third-order valence-electron chi connectivity index (χ3n) is 1.44. The molecule has 0 amide bonds. The minimum Gasteiger partial charge on any atom is -0.377 e. The van der Waals surface area contributed by atoms with Crippen LogP contribution < -0.4 is 5.73 Å². The number of halogens is 1. The number of benzene rings is 1. The highest BCUT2D eigenvalue weighted by atomic mass is 32.2. The molecule has 1 aromatic rings. The normalized spacial score (nSPS) is 12.3. The molecule has 1 rings (SSSR count). The maximum absolute atomic E-state index is 12.5. The molecule has 5 heteroatoms. The van der Waals surface area contributed by atoms with Crippen molar-refractivity contribution in [1.29, 1.82) is 0 Å². The standard InChI is InChI=1S/C9H10FN3S/c1-14-9(11)13-12-6-7-2-4-8(10)5-3-7/h2-6H,1H3,(H2,11,13)/b12-6+. The Morgan fingerprint density at radius 3 is 2.64 bits per heavy atom.